The zero-order chi connectivity index (χ0) is 14.6. The van der Waals surface area contributed by atoms with Crippen LogP contribution in [0.15, 0.2) is 11.6 Å². The molecule has 0 aliphatic carbocycles. The van der Waals surface area contributed by atoms with E-state index in [-0.39, 0.29) is 6.61 Å². The maximum Gasteiger partial charge on any atom is 0.0614 e. The van der Waals surface area contributed by atoms with Crippen molar-refractivity contribution >= 4 is 0 Å². The zero-order valence-corrected chi connectivity index (χ0v) is 13.2. The van der Waals surface area contributed by atoms with Gasteiger partial charge in [0.25, 0.3) is 0 Å². The molecule has 18 heavy (non-hydrogen) atoms. The molecule has 0 saturated carbocycles. The minimum atomic E-state index is -0.556. The average Bonchev–Trinajstić information content (AvgIpc) is 2.27. The van der Waals surface area contributed by atoms with Crippen molar-refractivity contribution < 1.29 is 10.2 Å². The topological polar surface area (TPSA) is 43.7 Å². The van der Waals surface area contributed by atoms with E-state index < -0.39 is 5.60 Å². The van der Waals surface area contributed by atoms with Crippen LogP contribution in [0.3, 0.4) is 0 Å². The summed E-state index contributed by atoms with van der Waals surface area (Å²) in [4.78, 5) is 2.25. The number of hydrogen-bond acceptors (Lipinski definition) is 3. The van der Waals surface area contributed by atoms with Crippen LogP contribution in [0.25, 0.3) is 0 Å². The number of nitrogens with zero attached hydrogens (tertiary/aromatic N) is 1. The molecule has 110 valence electrons. The minimum absolute atomic E-state index is 0.119. The molecule has 0 aromatic heterocycles. The highest BCUT2D eigenvalue weighted by Gasteiger charge is 2.10. The van der Waals surface area contributed by atoms with E-state index in [4.69, 9.17) is 5.11 Å². The normalized spacial score (nSPS) is 12.4. The smallest absolute Gasteiger partial charge is 0.0614 e. The quantitative estimate of drug-likeness (QED) is 0.691. The van der Waals surface area contributed by atoms with E-state index in [1.807, 2.05) is 26.8 Å². The lowest BCUT2D eigenvalue weighted by Crippen LogP contribution is -2.17. The van der Waals surface area contributed by atoms with Gasteiger partial charge in [-0.15, -0.1) is 0 Å². The Morgan fingerprint density at radius 3 is 2.00 bits per heavy atom. The third-order valence-electron chi connectivity index (χ3n) is 2.88. The summed E-state index contributed by atoms with van der Waals surface area (Å²) < 4.78 is 0. The summed E-state index contributed by atoms with van der Waals surface area (Å²) in [6.45, 7) is 12.4. The van der Waals surface area contributed by atoms with Crippen LogP contribution in [-0.2, 0) is 0 Å². The van der Waals surface area contributed by atoms with Crippen molar-refractivity contribution in [2.24, 2.45) is 0 Å². The third kappa shape index (κ3) is 18.0. The van der Waals surface area contributed by atoms with Crippen molar-refractivity contribution in [1.29, 1.82) is 0 Å². The van der Waals surface area contributed by atoms with E-state index in [1.54, 1.807) is 0 Å². The molecule has 3 heteroatoms. The summed E-state index contributed by atoms with van der Waals surface area (Å²) in [7, 11) is 2.11. The maximum atomic E-state index is 9.39. The standard InChI is InChI=1S/C10H20O2.C5H13N/c1-9(6-8-11)5-4-7-10(2,3)12;1-4-6(3)5-2/h6,11-12H,4-5,7-8H2,1-3H3;4-5H2,1-3H3/b9-6+;. The Morgan fingerprint density at radius 1 is 1.22 bits per heavy atom. The van der Waals surface area contributed by atoms with Gasteiger partial charge >= 0.3 is 0 Å². The van der Waals surface area contributed by atoms with E-state index in [9.17, 15) is 5.11 Å². The first kappa shape index (κ1) is 19.9. The fourth-order valence-corrected chi connectivity index (χ4v) is 1.28. The first-order chi connectivity index (χ1) is 8.26. The van der Waals surface area contributed by atoms with Gasteiger partial charge in [0, 0.05) is 0 Å². The van der Waals surface area contributed by atoms with Gasteiger partial charge in [-0.3, -0.25) is 0 Å². The van der Waals surface area contributed by atoms with Gasteiger partial charge in [0.05, 0.1) is 12.2 Å². The maximum absolute atomic E-state index is 9.39. The SMILES string of the molecule is C/C(=C\CO)CCCC(C)(C)O.CCN(C)CC. The van der Waals surface area contributed by atoms with Crippen LogP contribution in [0.2, 0.25) is 0 Å². The molecular weight excluding hydrogens is 226 g/mol. The summed E-state index contributed by atoms with van der Waals surface area (Å²) in [6.07, 6.45) is 4.56. The number of aliphatic hydroxyl groups is 2. The van der Waals surface area contributed by atoms with E-state index >= 15 is 0 Å². The highest BCUT2D eigenvalue weighted by molar-refractivity contribution is 4.97. The van der Waals surface area contributed by atoms with Crippen molar-refractivity contribution in [1.82, 2.24) is 4.90 Å². The van der Waals surface area contributed by atoms with Crippen molar-refractivity contribution in [3.05, 3.63) is 11.6 Å². The van der Waals surface area contributed by atoms with Crippen LogP contribution >= 0.6 is 0 Å². The Labute approximate surface area is 114 Å². The van der Waals surface area contributed by atoms with E-state index in [2.05, 4.69) is 25.8 Å². The van der Waals surface area contributed by atoms with Gasteiger partial charge in [0.2, 0.25) is 0 Å². The Balaban J connectivity index is 0. The van der Waals surface area contributed by atoms with Crippen molar-refractivity contribution in [3.63, 3.8) is 0 Å². The van der Waals surface area contributed by atoms with Crippen molar-refractivity contribution in [3.8, 4) is 0 Å². The first-order valence-electron chi connectivity index (χ1n) is 6.94. The lowest BCUT2D eigenvalue weighted by Gasteiger charge is -2.16. The highest BCUT2D eigenvalue weighted by Crippen LogP contribution is 2.14. The zero-order valence-electron chi connectivity index (χ0n) is 13.2. The third-order valence-corrected chi connectivity index (χ3v) is 2.88. The first-order valence-corrected chi connectivity index (χ1v) is 6.94. The van der Waals surface area contributed by atoms with E-state index in [0.29, 0.717) is 0 Å². The van der Waals surface area contributed by atoms with Crippen LogP contribution in [0.5, 0.6) is 0 Å². The molecule has 3 nitrogen and oxygen atoms in total. The second-order valence-corrected chi connectivity index (χ2v) is 5.39. The fraction of sp³-hybridized carbons (Fsp3) is 0.867. The van der Waals surface area contributed by atoms with Gasteiger partial charge in [-0.2, -0.15) is 0 Å². The van der Waals surface area contributed by atoms with Crippen LogP contribution < -0.4 is 0 Å². The molecule has 0 heterocycles. The van der Waals surface area contributed by atoms with Gasteiger partial charge in [0.1, 0.15) is 0 Å². The summed E-state index contributed by atoms with van der Waals surface area (Å²) in [6, 6.07) is 0. The second kappa shape index (κ2) is 11.7. The lowest BCUT2D eigenvalue weighted by atomic mass is 9.99. The molecule has 0 aliphatic rings. The molecule has 0 fully saturated rings. The van der Waals surface area contributed by atoms with Crippen LogP contribution in [0.1, 0.15) is 53.9 Å². The molecule has 0 aromatic rings. The number of allylic oxidation sites excluding steroid dienone is 1. The summed E-state index contributed by atoms with van der Waals surface area (Å²) in [5, 5.41) is 18.0. The number of aliphatic hydroxyl groups excluding tert-OH is 1. The monoisotopic (exact) mass is 259 g/mol. The summed E-state index contributed by atoms with van der Waals surface area (Å²) >= 11 is 0. The summed E-state index contributed by atoms with van der Waals surface area (Å²) in [5.41, 5.74) is 0.640. The lowest BCUT2D eigenvalue weighted by molar-refractivity contribution is 0.0689. The fourth-order valence-electron chi connectivity index (χ4n) is 1.28. The predicted octanol–water partition coefficient (Wildman–Crippen LogP) is 2.82. The average molecular weight is 259 g/mol. The molecule has 2 N–H and O–H groups in total. The van der Waals surface area contributed by atoms with Gasteiger partial charge in [-0.1, -0.05) is 25.5 Å². The molecular formula is C15H33NO2. The van der Waals surface area contributed by atoms with Crippen molar-refractivity contribution in [2.75, 3.05) is 26.7 Å². The Morgan fingerprint density at radius 2 is 1.72 bits per heavy atom. The Kier molecular flexibility index (Phi) is 13.0. The molecule has 0 spiro atoms. The molecule has 0 rings (SSSR count). The molecule has 0 radical (unpaired) electrons. The van der Waals surface area contributed by atoms with Gasteiger partial charge < -0.3 is 15.1 Å². The Bertz CT molecular complexity index is 203. The Hall–Kier alpha value is -0.380. The van der Waals surface area contributed by atoms with Crippen LogP contribution in [-0.4, -0.2) is 47.5 Å². The molecule has 0 bridgehead atoms. The predicted molar refractivity (Wildman–Crippen MR) is 79.8 cm³/mol. The number of rotatable bonds is 7. The van der Waals surface area contributed by atoms with Gasteiger partial charge in [-0.25, -0.2) is 0 Å². The minimum Gasteiger partial charge on any atom is -0.392 e. The molecule has 0 amide bonds. The second-order valence-electron chi connectivity index (χ2n) is 5.39. The number of hydrogen-bond donors (Lipinski definition) is 2. The van der Waals surface area contributed by atoms with Crippen LogP contribution in [0.4, 0.5) is 0 Å². The summed E-state index contributed by atoms with van der Waals surface area (Å²) in [5.74, 6) is 0. The van der Waals surface area contributed by atoms with Gasteiger partial charge in [0.15, 0.2) is 0 Å². The molecule has 0 unspecified atom stereocenters. The molecule has 0 aliphatic heterocycles. The van der Waals surface area contributed by atoms with E-state index in [1.165, 1.54) is 5.57 Å². The van der Waals surface area contributed by atoms with Gasteiger partial charge in [-0.05, 0) is 60.2 Å². The highest BCUT2D eigenvalue weighted by atomic mass is 16.3. The van der Waals surface area contributed by atoms with E-state index in [0.717, 1.165) is 32.4 Å². The molecule has 0 saturated heterocycles. The largest absolute Gasteiger partial charge is 0.392 e. The van der Waals surface area contributed by atoms with Crippen molar-refractivity contribution in [2.45, 2.75) is 59.5 Å². The molecule has 0 aromatic carbocycles. The van der Waals surface area contributed by atoms with Crippen LogP contribution in [0, 0.1) is 0 Å². The molecule has 0 atom stereocenters.